The number of aromatic amines is 1. The van der Waals surface area contributed by atoms with Crippen molar-refractivity contribution in [2.24, 2.45) is 5.73 Å². The standard InChI is InChI=1S/C12H15N3O/c13-6-5-8-7-14-10-3-4-11(15-12(8)10)16-9-1-2-9/h3-4,7,9,14H,1-2,5-6,13H2. The van der Waals surface area contributed by atoms with E-state index in [4.69, 9.17) is 10.5 Å². The molecule has 0 amide bonds. The van der Waals surface area contributed by atoms with Gasteiger partial charge in [0.05, 0.1) is 11.0 Å². The molecule has 1 aliphatic rings. The molecule has 0 spiro atoms. The van der Waals surface area contributed by atoms with Crippen LogP contribution in [0.15, 0.2) is 18.3 Å². The Bertz CT molecular complexity index is 502. The third-order valence-corrected chi connectivity index (χ3v) is 2.80. The molecule has 0 aliphatic heterocycles. The molecule has 0 saturated heterocycles. The Balaban J connectivity index is 1.96. The summed E-state index contributed by atoms with van der Waals surface area (Å²) < 4.78 is 5.68. The number of hydrogen-bond donors (Lipinski definition) is 2. The number of H-pyrrole nitrogens is 1. The molecule has 0 unspecified atom stereocenters. The van der Waals surface area contributed by atoms with Gasteiger partial charge in [-0.2, -0.15) is 0 Å². The predicted molar refractivity (Wildman–Crippen MR) is 62.5 cm³/mol. The van der Waals surface area contributed by atoms with Crippen LogP contribution in [0.2, 0.25) is 0 Å². The van der Waals surface area contributed by atoms with Crippen molar-refractivity contribution >= 4 is 11.0 Å². The van der Waals surface area contributed by atoms with Crippen LogP contribution >= 0.6 is 0 Å². The van der Waals surface area contributed by atoms with Gasteiger partial charge in [0.1, 0.15) is 6.10 Å². The second kappa shape index (κ2) is 3.79. The maximum absolute atomic E-state index is 5.68. The molecule has 4 nitrogen and oxygen atoms in total. The van der Waals surface area contributed by atoms with Crippen molar-refractivity contribution in [2.75, 3.05) is 6.54 Å². The molecule has 0 bridgehead atoms. The fraction of sp³-hybridized carbons (Fsp3) is 0.417. The quantitative estimate of drug-likeness (QED) is 0.817. The van der Waals surface area contributed by atoms with Crippen LogP contribution in [0.25, 0.3) is 11.0 Å². The minimum Gasteiger partial charge on any atom is -0.474 e. The minimum atomic E-state index is 0.391. The first-order valence-corrected chi connectivity index (χ1v) is 5.70. The summed E-state index contributed by atoms with van der Waals surface area (Å²) in [4.78, 5) is 7.72. The first kappa shape index (κ1) is 9.66. The molecule has 0 aromatic carbocycles. The maximum Gasteiger partial charge on any atom is 0.214 e. The first-order chi connectivity index (χ1) is 7.86. The summed E-state index contributed by atoms with van der Waals surface area (Å²) in [5.74, 6) is 0.730. The number of nitrogens with two attached hydrogens (primary N) is 1. The highest BCUT2D eigenvalue weighted by Crippen LogP contribution is 2.27. The number of nitrogens with one attached hydrogen (secondary N) is 1. The van der Waals surface area contributed by atoms with Crippen LogP contribution in [0.1, 0.15) is 18.4 Å². The lowest BCUT2D eigenvalue weighted by atomic mass is 10.2. The molecule has 2 aromatic heterocycles. The smallest absolute Gasteiger partial charge is 0.214 e. The molecule has 1 fully saturated rings. The van der Waals surface area contributed by atoms with E-state index in [-0.39, 0.29) is 0 Å². The van der Waals surface area contributed by atoms with Crippen LogP contribution in [0.3, 0.4) is 0 Å². The zero-order chi connectivity index (χ0) is 11.0. The van der Waals surface area contributed by atoms with E-state index in [1.165, 1.54) is 5.56 Å². The van der Waals surface area contributed by atoms with Gasteiger partial charge in [0.2, 0.25) is 5.88 Å². The molecule has 0 radical (unpaired) electrons. The summed E-state index contributed by atoms with van der Waals surface area (Å²) in [7, 11) is 0. The highest BCUT2D eigenvalue weighted by atomic mass is 16.5. The fourth-order valence-corrected chi connectivity index (χ4v) is 1.80. The SMILES string of the molecule is NCCc1c[nH]c2ccc(OC3CC3)nc12. The van der Waals surface area contributed by atoms with Gasteiger partial charge in [-0.15, -0.1) is 0 Å². The monoisotopic (exact) mass is 217 g/mol. The molecule has 16 heavy (non-hydrogen) atoms. The van der Waals surface area contributed by atoms with E-state index >= 15 is 0 Å². The summed E-state index contributed by atoms with van der Waals surface area (Å²) in [5, 5.41) is 0. The topological polar surface area (TPSA) is 63.9 Å². The minimum absolute atomic E-state index is 0.391. The Hall–Kier alpha value is -1.55. The highest BCUT2D eigenvalue weighted by Gasteiger charge is 2.24. The van der Waals surface area contributed by atoms with Crippen molar-refractivity contribution in [1.82, 2.24) is 9.97 Å². The average Bonchev–Trinajstić information content (AvgIpc) is 3.01. The largest absolute Gasteiger partial charge is 0.474 e. The van der Waals surface area contributed by atoms with Gasteiger partial charge in [0, 0.05) is 12.3 Å². The van der Waals surface area contributed by atoms with Crippen molar-refractivity contribution in [2.45, 2.75) is 25.4 Å². The van der Waals surface area contributed by atoms with Gasteiger partial charge in [0.25, 0.3) is 0 Å². The first-order valence-electron chi connectivity index (χ1n) is 5.70. The molecular formula is C12H15N3O. The van der Waals surface area contributed by atoms with E-state index in [0.717, 1.165) is 36.2 Å². The third-order valence-electron chi connectivity index (χ3n) is 2.80. The van der Waals surface area contributed by atoms with Crippen molar-refractivity contribution in [3.63, 3.8) is 0 Å². The summed E-state index contributed by atoms with van der Waals surface area (Å²) in [6.07, 6.45) is 5.53. The number of pyridine rings is 1. The lowest BCUT2D eigenvalue weighted by Crippen LogP contribution is -2.03. The van der Waals surface area contributed by atoms with Gasteiger partial charge in [0.15, 0.2) is 0 Å². The number of ether oxygens (including phenoxy) is 1. The second-order valence-electron chi connectivity index (χ2n) is 4.22. The van der Waals surface area contributed by atoms with Gasteiger partial charge >= 0.3 is 0 Å². The molecule has 0 atom stereocenters. The zero-order valence-electron chi connectivity index (χ0n) is 9.07. The van der Waals surface area contributed by atoms with E-state index in [1.807, 2.05) is 18.3 Å². The van der Waals surface area contributed by atoms with E-state index < -0.39 is 0 Å². The predicted octanol–water partition coefficient (Wildman–Crippen LogP) is 1.61. The van der Waals surface area contributed by atoms with Gasteiger partial charge in [-0.3, -0.25) is 0 Å². The van der Waals surface area contributed by atoms with Gasteiger partial charge in [-0.1, -0.05) is 0 Å². The number of hydrogen-bond acceptors (Lipinski definition) is 3. The molecular weight excluding hydrogens is 202 g/mol. The van der Waals surface area contributed by atoms with Gasteiger partial charge in [-0.05, 0) is 37.4 Å². The average molecular weight is 217 g/mol. The van der Waals surface area contributed by atoms with Crippen LogP contribution in [0, 0.1) is 0 Å². The lowest BCUT2D eigenvalue weighted by Gasteiger charge is -2.03. The summed E-state index contributed by atoms with van der Waals surface area (Å²) in [5.41, 5.74) is 8.77. The van der Waals surface area contributed by atoms with Crippen molar-refractivity contribution < 1.29 is 4.74 Å². The molecule has 84 valence electrons. The molecule has 4 heteroatoms. The van der Waals surface area contributed by atoms with Crippen LogP contribution in [-0.4, -0.2) is 22.6 Å². The Morgan fingerprint density at radius 1 is 1.44 bits per heavy atom. The Morgan fingerprint density at radius 3 is 3.06 bits per heavy atom. The zero-order valence-corrected chi connectivity index (χ0v) is 9.07. The van der Waals surface area contributed by atoms with Crippen molar-refractivity contribution in [3.8, 4) is 5.88 Å². The Morgan fingerprint density at radius 2 is 2.31 bits per heavy atom. The maximum atomic E-state index is 5.68. The van der Waals surface area contributed by atoms with Gasteiger partial charge in [-0.25, -0.2) is 4.98 Å². The molecule has 2 aromatic rings. The third kappa shape index (κ3) is 1.76. The normalized spacial score (nSPS) is 15.6. The van der Waals surface area contributed by atoms with E-state index in [2.05, 4.69) is 9.97 Å². The van der Waals surface area contributed by atoms with Crippen LogP contribution in [0.5, 0.6) is 5.88 Å². The van der Waals surface area contributed by atoms with E-state index in [0.29, 0.717) is 12.6 Å². The Kier molecular flexibility index (Phi) is 2.29. The number of fused-ring (bicyclic) bond motifs is 1. The Labute approximate surface area is 93.8 Å². The van der Waals surface area contributed by atoms with Crippen molar-refractivity contribution in [1.29, 1.82) is 0 Å². The second-order valence-corrected chi connectivity index (χ2v) is 4.22. The fourth-order valence-electron chi connectivity index (χ4n) is 1.80. The van der Waals surface area contributed by atoms with Gasteiger partial charge < -0.3 is 15.5 Å². The molecule has 3 N–H and O–H groups in total. The lowest BCUT2D eigenvalue weighted by molar-refractivity contribution is 0.292. The number of aromatic nitrogens is 2. The van der Waals surface area contributed by atoms with E-state index in [9.17, 15) is 0 Å². The molecule has 1 saturated carbocycles. The summed E-state index contributed by atoms with van der Waals surface area (Å²) in [6, 6.07) is 3.93. The molecule has 1 aliphatic carbocycles. The van der Waals surface area contributed by atoms with Crippen LogP contribution in [-0.2, 0) is 6.42 Å². The number of rotatable bonds is 4. The summed E-state index contributed by atoms with van der Waals surface area (Å²) >= 11 is 0. The highest BCUT2D eigenvalue weighted by molar-refractivity contribution is 5.79. The van der Waals surface area contributed by atoms with Crippen molar-refractivity contribution in [3.05, 3.63) is 23.9 Å². The summed E-state index contributed by atoms with van der Waals surface area (Å²) in [6.45, 7) is 0.641. The van der Waals surface area contributed by atoms with Crippen LogP contribution < -0.4 is 10.5 Å². The molecule has 2 heterocycles. The van der Waals surface area contributed by atoms with E-state index in [1.54, 1.807) is 0 Å². The van der Waals surface area contributed by atoms with Crippen LogP contribution in [0.4, 0.5) is 0 Å². The molecule has 3 rings (SSSR count). The number of nitrogens with zero attached hydrogens (tertiary/aromatic N) is 1.